The van der Waals surface area contributed by atoms with Crippen molar-refractivity contribution in [3.63, 3.8) is 0 Å². The van der Waals surface area contributed by atoms with Gasteiger partial charge in [0.25, 0.3) is 5.91 Å². The summed E-state index contributed by atoms with van der Waals surface area (Å²) in [5.74, 6) is -0.0634. The van der Waals surface area contributed by atoms with E-state index in [1.165, 1.54) is 24.4 Å². The molecule has 29 heavy (non-hydrogen) atoms. The van der Waals surface area contributed by atoms with Gasteiger partial charge in [-0.3, -0.25) is 4.79 Å². The van der Waals surface area contributed by atoms with Gasteiger partial charge in [0.1, 0.15) is 23.9 Å². The van der Waals surface area contributed by atoms with Crippen LogP contribution in [0.25, 0.3) is 0 Å². The van der Waals surface area contributed by atoms with Crippen LogP contribution in [0.1, 0.15) is 21.5 Å². The highest BCUT2D eigenvalue weighted by atomic mass is 35.5. The fourth-order valence-electron chi connectivity index (χ4n) is 2.37. The first kappa shape index (κ1) is 20.5. The Bertz CT molecular complexity index is 1050. The van der Waals surface area contributed by atoms with Gasteiger partial charge in [0.15, 0.2) is 0 Å². The van der Waals surface area contributed by atoms with Crippen molar-refractivity contribution in [1.29, 1.82) is 0 Å². The summed E-state index contributed by atoms with van der Waals surface area (Å²) >= 11 is 12.0. The van der Waals surface area contributed by atoms with Crippen LogP contribution in [0.3, 0.4) is 0 Å². The minimum atomic E-state index is -0.424. The van der Waals surface area contributed by atoms with Crippen molar-refractivity contribution in [3.8, 4) is 17.2 Å². The number of benzene rings is 3. The first-order valence-corrected chi connectivity index (χ1v) is 9.20. The summed E-state index contributed by atoms with van der Waals surface area (Å²) in [4.78, 5) is 12.1. The Hall–Kier alpha value is -3.22. The molecule has 0 saturated carbocycles. The normalized spacial score (nSPS) is 10.8. The second kappa shape index (κ2) is 9.32. The van der Waals surface area contributed by atoms with Crippen LogP contribution in [0.15, 0.2) is 65.8 Å². The minimum absolute atomic E-state index is 0.0654. The number of phenols is 2. The van der Waals surface area contributed by atoms with Crippen molar-refractivity contribution in [1.82, 2.24) is 5.43 Å². The summed E-state index contributed by atoms with van der Waals surface area (Å²) in [6.07, 6.45) is 1.28. The maximum Gasteiger partial charge on any atom is 0.271 e. The van der Waals surface area contributed by atoms with Gasteiger partial charge in [-0.05, 0) is 48.5 Å². The third kappa shape index (κ3) is 5.63. The average molecular weight is 431 g/mol. The molecule has 0 saturated heterocycles. The van der Waals surface area contributed by atoms with Gasteiger partial charge in [-0.25, -0.2) is 5.43 Å². The Kier molecular flexibility index (Phi) is 6.59. The van der Waals surface area contributed by atoms with Gasteiger partial charge in [0, 0.05) is 32.8 Å². The third-order valence-corrected chi connectivity index (χ3v) is 4.50. The molecule has 0 unspecified atom stereocenters. The Morgan fingerprint density at radius 3 is 2.48 bits per heavy atom. The molecule has 148 valence electrons. The molecule has 0 fully saturated rings. The highest BCUT2D eigenvalue weighted by Gasteiger charge is 2.06. The number of amides is 1. The maximum absolute atomic E-state index is 12.1. The fourth-order valence-corrected chi connectivity index (χ4v) is 2.83. The van der Waals surface area contributed by atoms with E-state index < -0.39 is 5.91 Å². The molecule has 0 aliphatic carbocycles. The van der Waals surface area contributed by atoms with Gasteiger partial charge in [-0.2, -0.15) is 5.10 Å². The number of halogens is 2. The lowest BCUT2D eigenvalue weighted by atomic mass is 10.2. The van der Waals surface area contributed by atoms with Crippen LogP contribution in [0.4, 0.5) is 0 Å². The average Bonchev–Trinajstić information content (AvgIpc) is 2.69. The summed E-state index contributed by atoms with van der Waals surface area (Å²) in [5.41, 5.74) is 3.90. The molecule has 1 amide bonds. The Labute approximate surface area is 177 Å². The molecule has 3 aromatic carbocycles. The van der Waals surface area contributed by atoms with Crippen LogP contribution in [-0.4, -0.2) is 22.3 Å². The van der Waals surface area contributed by atoms with E-state index in [1.54, 1.807) is 42.5 Å². The molecule has 0 heterocycles. The van der Waals surface area contributed by atoms with Gasteiger partial charge in [-0.15, -0.1) is 0 Å². The number of hydrogen-bond donors (Lipinski definition) is 3. The highest BCUT2D eigenvalue weighted by Crippen LogP contribution is 2.23. The molecule has 8 heteroatoms. The standard InChI is InChI=1S/C21H16Cl2N2O4/c22-16-5-1-15(19(23)9-16)12-29-18-7-3-13(4-8-18)21(28)25-24-11-14-2-6-17(26)10-20(14)27/h1-11,26-27H,12H2,(H,25,28)/b24-11+. The summed E-state index contributed by atoms with van der Waals surface area (Å²) < 4.78 is 5.67. The zero-order valence-electron chi connectivity index (χ0n) is 15.0. The molecule has 0 aliphatic heterocycles. The summed E-state index contributed by atoms with van der Waals surface area (Å²) in [5, 5.41) is 23.8. The Morgan fingerprint density at radius 1 is 1.03 bits per heavy atom. The van der Waals surface area contributed by atoms with Gasteiger partial charge < -0.3 is 14.9 Å². The number of phenolic OH excluding ortho intramolecular Hbond substituents is 2. The van der Waals surface area contributed by atoms with Crippen molar-refractivity contribution >= 4 is 35.3 Å². The van der Waals surface area contributed by atoms with E-state index in [-0.39, 0.29) is 18.1 Å². The molecule has 0 aliphatic rings. The predicted octanol–water partition coefficient (Wildman–Crippen LogP) is 4.75. The SMILES string of the molecule is O=C(N/N=C/c1ccc(O)cc1O)c1ccc(OCc2ccc(Cl)cc2Cl)cc1. The zero-order valence-corrected chi connectivity index (χ0v) is 16.5. The number of rotatable bonds is 6. The highest BCUT2D eigenvalue weighted by molar-refractivity contribution is 6.35. The summed E-state index contributed by atoms with van der Waals surface area (Å²) in [7, 11) is 0. The molecule has 0 radical (unpaired) electrons. The summed E-state index contributed by atoms with van der Waals surface area (Å²) in [6, 6.07) is 15.7. The van der Waals surface area contributed by atoms with E-state index in [9.17, 15) is 15.0 Å². The van der Waals surface area contributed by atoms with Crippen molar-refractivity contribution in [2.75, 3.05) is 0 Å². The monoisotopic (exact) mass is 430 g/mol. The predicted molar refractivity (Wildman–Crippen MR) is 112 cm³/mol. The minimum Gasteiger partial charge on any atom is -0.508 e. The number of ether oxygens (including phenoxy) is 1. The molecule has 0 bridgehead atoms. The maximum atomic E-state index is 12.1. The van der Waals surface area contributed by atoms with E-state index in [2.05, 4.69) is 10.5 Å². The van der Waals surface area contributed by atoms with Crippen LogP contribution in [0, 0.1) is 0 Å². The van der Waals surface area contributed by atoms with E-state index in [1.807, 2.05) is 0 Å². The fraction of sp³-hybridized carbons (Fsp3) is 0.0476. The number of hydrazone groups is 1. The van der Waals surface area contributed by atoms with Gasteiger partial charge in [0.05, 0.1) is 6.21 Å². The smallest absolute Gasteiger partial charge is 0.271 e. The van der Waals surface area contributed by atoms with Crippen molar-refractivity contribution < 1.29 is 19.7 Å². The second-order valence-electron chi connectivity index (χ2n) is 5.99. The van der Waals surface area contributed by atoms with Crippen LogP contribution in [0.5, 0.6) is 17.2 Å². The van der Waals surface area contributed by atoms with Gasteiger partial charge in [0.2, 0.25) is 0 Å². The first-order valence-electron chi connectivity index (χ1n) is 8.44. The number of hydrogen-bond acceptors (Lipinski definition) is 5. The largest absolute Gasteiger partial charge is 0.508 e. The third-order valence-electron chi connectivity index (χ3n) is 3.91. The first-order chi connectivity index (χ1) is 13.9. The number of nitrogens with zero attached hydrogens (tertiary/aromatic N) is 1. The molecular formula is C21H16Cl2N2O4. The lowest BCUT2D eigenvalue weighted by molar-refractivity contribution is 0.0955. The lowest BCUT2D eigenvalue weighted by Crippen LogP contribution is -2.17. The van der Waals surface area contributed by atoms with Crippen molar-refractivity contribution in [3.05, 3.63) is 87.4 Å². The van der Waals surface area contributed by atoms with E-state index in [0.29, 0.717) is 26.9 Å². The van der Waals surface area contributed by atoms with Gasteiger partial charge in [-0.1, -0.05) is 29.3 Å². The van der Waals surface area contributed by atoms with Crippen LogP contribution in [0.2, 0.25) is 10.0 Å². The van der Waals surface area contributed by atoms with Crippen LogP contribution < -0.4 is 10.2 Å². The second-order valence-corrected chi connectivity index (χ2v) is 6.83. The van der Waals surface area contributed by atoms with Gasteiger partial charge >= 0.3 is 0 Å². The Balaban J connectivity index is 1.56. The molecule has 3 N–H and O–H groups in total. The molecule has 3 rings (SSSR count). The van der Waals surface area contributed by atoms with Crippen LogP contribution >= 0.6 is 23.2 Å². The molecular weight excluding hydrogens is 415 g/mol. The summed E-state index contributed by atoms with van der Waals surface area (Å²) in [6.45, 7) is 0.266. The van der Waals surface area contributed by atoms with E-state index in [4.69, 9.17) is 27.9 Å². The molecule has 6 nitrogen and oxygen atoms in total. The number of aromatic hydroxyl groups is 2. The molecule has 0 aromatic heterocycles. The zero-order chi connectivity index (χ0) is 20.8. The van der Waals surface area contributed by atoms with E-state index >= 15 is 0 Å². The lowest BCUT2D eigenvalue weighted by Gasteiger charge is -2.08. The molecule has 0 atom stereocenters. The van der Waals surface area contributed by atoms with Crippen molar-refractivity contribution in [2.24, 2.45) is 5.10 Å². The molecule has 3 aromatic rings. The van der Waals surface area contributed by atoms with E-state index in [0.717, 1.165) is 5.56 Å². The number of carbonyl (C=O) groups is 1. The Morgan fingerprint density at radius 2 is 1.79 bits per heavy atom. The quantitative estimate of drug-likeness (QED) is 0.388. The number of nitrogens with one attached hydrogen (secondary N) is 1. The van der Waals surface area contributed by atoms with Crippen LogP contribution in [-0.2, 0) is 6.61 Å². The van der Waals surface area contributed by atoms with Crippen molar-refractivity contribution in [2.45, 2.75) is 6.61 Å². The molecule has 0 spiro atoms. The number of carbonyl (C=O) groups excluding carboxylic acids is 1. The topological polar surface area (TPSA) is 91.2 Å².